The van der Waals surface area contributed by atoms with E-state index in [1.54, 1.807) is 18.3 Å². The normalized spacial score (nSPS) is 10.9. The first-order valence-corrected chi connectivity index (χ1v) is 5.76. The third-order valence-corrected chi connectivity index (χ3v) is 2.88. The van der Waals surface area contributed by atoms with E-state index in [1.165, 1.54) is 15.5 Å². The highest BCUT2D eigenvalue weighted by atomic mass is 35.5. The van der Waals surface area contributed by atoms with E-state index in [4.69, 9.17) is 11.6 Å². The van der Waals surface area contributed by atoms with E-state index in [-0.39, 0.29) is 5.56 Å². The Hall–Kier alpha value is -2.14. The maximum Gasteiger partial charge on any atom is 0.293 e. The van der Waals surface area contributed by atoms with Gasteiger partial charge in [-0.15, -0.1) is 0 Å². The van der Waals surface area contributed by atoms with Crippen molar-refractivity contribution in [1.29, 1.82) is 0 Å². The molecule has 0 saturated carbocycles. The van der Waals surface area contributed by atoms with Gasteiger partial charge in [-0.2, -0.15) is 10.2 Å². The summed E-state index contributed by atoms with van der Waals surface area (Å²) in [5, 5.41) is 8.67. The zero-order valence-corrected chi connectivity index (χ0v) is 10.1. The third-order valence-electron chi connectivity index (χ3n) is 2.65. The lowest BCUT2D eigenvalue weighted by Gasteiger charge is -2.05. The Morgan fingerprint density at radius 2 is 2.11 bits per heavy atom. The average molecular weight is 261 g/mol. The minimum atomic E-state index is -0.171. The van der Waals surface area contributed by atoms with Crippen LogP contribution in [0.2, 0.25) is 5.02 Å². The number of benzene rings is 1. The molecule has 3 aromatic rings. The van der Waals surface area contributed by atoms with Crippen molar-refractivity contribution in [3.63, 3.8) is 0 Å². The molecule has 5 nitrogen and oxygen atoms in total. The summed E-state index contributed by atoms with van der Waals surface area (Å²) in [6.45, 7) is 0.390. The van der Waals surface area contributed by atoms with Crippen molar-refractivity contribution in [1.82, 2.24) is 19.4 Å². The number of fused-ring (bicyclic) bond motifs is 1. The number of hydrogen-bond donors (Lipinski definition) is 0. The van der Waals surface area contributed by atoms with Crippen LogP contribution in [0.3, 0.4) is 0 Å². The summed E-state index contributed by atoms with van der Waals surface area (Å²) < 4.78 is 2.85. The van der Waals surface area contributed by atoms with Crippen molar-refractivity contribution >= 4 is 17.1 Å². The van der Waals surface area contributed by atoms with Crippen LogP contribution in [0.15, 0.2) is 47.7 Å². The summed E-state index contributed by atoms with van der Waals surface area (Å²) in [4.78, 5) is 12.1. The molecule has 18 heavy (non-hydrogen) atoms. The fraction of sp³-hybridized carbons (Fsp3) is 0.0833. The van der Waals surface area contributed by atoms with Crippen molar-refractivity contribution < 1.29 is 0 Å². The van der Waals surface area contributed by atoms with Crippen molar-refractivity contribution in [2.45, 2.75) is 6.54 Å². The Morgan fingerprint density at radius 1 is 1.22 bits per heavy atom. The van der Waals surface area contributed by atoms with Crippen LogP contribution in [0.5, 0.6) is 0 Å². The van der Waals surface area contributed by atoms with Gasteiger partial charge in [0.2, 0.25) is 0 Å². The fourth-order valence-corrected chi connectivity index (χ4v) is 2.01. The topological polar surface area (TPSA) is 52.2 Å². The van der Waals surface area contributed by atoms with Gasteiger partial charge in [0, 0.05) is 5.02 Å². The molecule has 0 aliphatic rings. The average Bonchev–Trinajstić information content (AvgIpc) is 2.82. The highest BCUT2D eigenvalue weighted by Crippen LogP contribution is 2.10. The lowest BCUT2D eigenvalue weighted by molar-refractivity contribution is 0.620. The summed E-state index contributed by atoms with van der Waals surface area (Å²) in [5.41, 5.74) is 1.27. The van der Waals surface area contributed by atoms with E-state index < -0.39 is 0 Å². The van der Waals surface area contributed by atoms with Gasteiger partial charge in [-0.25, -0.2) is 9.20 Å². The van der Waals surface area contributed by atoms with E-state index in [0.29, 0.717) is 17.1 Å². The molecule has 0 unspecified atom stereocenters. The van der Waals surface area contributed by atoms with Gasteiger partial charge in [0.1, 0.15) is 11.8 Å². The molecule has 0 atom stereocenters. The van der Waals surface area contributed by atoms with Crippen LogP contribution in [-0.4, -0.2) is 19.4 Å². The van der Waals surface area contributed by atoms with Crippen molar-refractivity contribution in [2.75, 3.05) is 0 Å². The van der Waals surface area contributed by atoms with Gasteiger partial charge < -0.3 is 0 Å². The zero-order chi connectivity index (χ0) is 12.5. The molecule has 2 aromatic heterocycles. The van der Waals surface area contributed by atoms with E-state index in [1.807, 2.05) is 18.2 Å². The summed E-state index contributed by atoms with van der Waals surface area (Å²) >= 11 is 5.91. The summed E-state index contributed by atoms with van der Waals surface area (Å²) in [6, 6.07) is 9.02. The molecule has 0 aliphatic carbocycles. The molecule has 0 amide bonds. The van der Waals surface area contributed by atoms with Gasteiger partial charge in [0.25, 0.3) is 5.56 Å². The standard InChI is InChI=1S/C12H9ClN4O/c13-10-3-1-2-9(6-10)7-16-12(18)11-4-5-14-17(11)8-15-16/h1-6,8H,7H2. The number of nitrogens with zero attached hydrogens (tertiary/aromatic N) is 4. The molecule has 0 bridgehead atoms. The number of hydrogen-bond acceptors (Lipinski definition) is 3. The van der Waals surface area contributed by atoms with Gasteiger partial charge in [0.15, 0.2) is 0 Å². The van der Waals surface area contributed by atoms with Crippen LogP contribution in [0.4, 0.5) is 0 Å². The molecule has 1 aromatic carbocycles. The number of aromatic nitrogens is 4. The van der Waals surface area contributed by atoms with Crippen LogP contribution in [-0.2, 0) is 6.54 Å². The molecule has 0 N–H and O–H groups in total. The molecule has 0 aliphatic heterocycles. The molecule has 0 spiro atoms. The van der Waals surface area contributed by atoms with Gasteiger partial charge in [-0.05, 0) is 23.8 Å². The van der Waals surface area contributed by atoms with Crippen molar-refractivity contribution in [3.05, 3.63) is 63.8 Å². The molecule has 0 fully saturated rings. The second-order valence-electron chi connectivity index (χ2n) is 3.88. The SMILES string of the molecule is O=c1c2ccnn2cnn1Cc1cccc(Cl)c1. The first kappa shape index (κ1) is 11.0. The molecular formula is C12H9ClN4O. The Kier molecular flexibility index (Phi) is 2.60. The summed E-state index contributed by atoms with van der Waals surface area (Å²) in [7, 11) is 0. The van der Waals surface area contributed by atoms with E-state index in [2.05, 4.69) is 10.2 Å². The summed E-state index contributed by atoms with van der Waals surface area (Å²) in [5.74, 6) is 0. The van der Waals surface area contributed by atoms with Crippen molar-refractivity contribution in [3.8, 4) is 0 Å². The Bertz CT molecular complexity index is 762. The van der Waals surface area contributed by atoms with Crippen LogP contribution < -0.4 is 5.56 Å². The second kappa shape index (κ2) is 4.27. The smallest absolute Gasteiger partial charge is 0.265 e. The van der Waals surface area contributed by atoms with Gasteiger partial charge >= 0.3 is 0 Å². The molecule has 3 rings (SSSR count). The Balaban J connectivity index is 2.05. The minimum absolute atomic E-state index is 0.171. The fourth-order valence-electron chi connectivity index (χ4n) is 1.79. The Morgan fingerprint density at radius 3 is 2.94 bits per heavy atom. The van der Waals surface area contributed by atoms with Crippen LogP contribution >= 0.6 is 11.6 Å². The first-order chi connectivity index (χ1) is 8.74. The van der Waals surface area contributed by atoms with E-state index >= 15 is 0 Å². The van der Waals surface area contributed by atoms with Crippen molar-refractivity contribution in [2.24, 2.45) is 0 Å². The van der Waals surface area contributed by atoms with Gasteiger partial charge in [0.05, 0.1) is 12.7 Å². The maximum absolute atomic E-state index is 12.1. The minimum Gasteiger partial charge on any atom is -0.265 e. The maximum atomic E-state index is 12.1. The predicted molar refractivity (Wildman–Crippen MR) is 67.8 cm³/mol. The molecule has 2 heterocycles. The van der Waals surface area contributed by atoms with Crippen LogP contribution in [0.1, 0.15) is 5.56 Å². The molecule has 0 radical (unpaired) electrons. The van der Waals surface area contributed by atoms with E-state index in [9.17, 15) is 4.79 Å². The van der Waals surface area contributed by atoms with Gasteiger partial charge in [-0.3, -0.25) is 4.79 Å². The molecule has 90 valence electrons. The lowest BCUT2D eigenvalue weighted by Crippen LogP contribution is -2.25. The third kappa shape index (κ3) is 1.89. The molecular weight excluding hydrogens is 252 g/mol. The molecule has 0 saturated heterocycles. The van der Waals surface area contributed by atoms with Crippen LogP contribution in [0, 0.1) is 0 Å². The number of halogens is 1. The Labute approximate surface area is 107 Å². The quantitative estimate of drug-likeness (QED) is 0.703. The summed E-state index contributed by atoms with van der Waals surface area (Å²) in [6.07, 6.45) is 3.09. The van der Waals surface area contributed by atoms with E-state index in [0.717, 1.165) is 5.56 Å². The number of rotatable bonds is 2. The highest BCUT2D eigenvalue weighted by molar-refractivity contribution is 6.30. The highest BCUT2D eigenvalue weighted by Gasteiger charge is 2.05. The lowest BCUT2D eigenvalue weighted by atomic mass is 10.2. The zero-order valence-electron chi connectivity index (χ0n) is 9.32. The monoisotopic (exact) mass is 260 g/mol. The largest absolute Gasteiger partial charge is 0.293 e. The predicted octanol–water partition coefficient (Wildman–Crippen LogP) is 1.59. The van der Waals surface area contributed by atoms with Gasteiger partial charge in [-0.1, -0.05) is 23.7 Å². The second-order valence-corrected chi connectivity index (χ2v) is 4.32. The first-order valence-electron chi connectivity index (χ1n) is 5.38. The van der Waals surface area contributed by atoms with Crippen LogP contribution in [0.25, 0.3) is 5.52 Å². The molecule has 6 heteroatoms.